The zero-order valence-corrected chi connectivity index (χ0v) is 13.6. The van der Waals surface area contributed by atoms with Gasteiger partial charge in [-0.05, 0) is 18.1 Å². The number of nitrogens with zero attached hydrogens (tertiary/aromatic N) is 2. The molecule has 122 valence electrons. The monoisotopic (exact) mass is 314 g/mol. The van der Waals surface area contributed by atoms with Gasteiger partial charge in [0.2, 0.25) is 0 Å². The van der Waals surface area contributed by atoms with E-state index in [9.17, 15) is 4.79 Å². The molecule has 0 saturated carbocycles. The topological polar surface area (TPSA) is 70.2 Å². The fourth-order valence-corrected chi connectivity index (χ4v) is 2.88. The molecule has 1 aromatic heterocycles. The van der Waals surface area contributed by atoms with E-state index in [-0.39, 0.29) is 5.91 Å². The standard InChI is InChI=1S/C17H22N4O2/c1-21(10-8-12-5-3-4-6-15(12)23-2)17(22)16-13-11-18-9-7-14(13)19-20-16/h3-6,18H,7-11H2,1-2H3,(H,19,20). The minimum absolute atomic E-state index is 0.0407. The molecular formula is C17H22N4O2. The second-order valence-electron chi connectivity index (χ2n) is 5.74. The van der Waals surface area contributed by atoms with E-state index in [0.29, 0.717) is 18.8 Å². The SMILES string of the molecule is COc1ccccc1CCN(C)C(=O)c1n[nH]c2c1CNCC2. The van der Waals surface area contributed by atoms with Crippen LogP contribution in [0.1, 0.15) is 27.3 Å². The number of rotatable bonds is 5. The van der Waals surface area contributed by atoms with E-state index < -0.39 is 0 Å². The van der Waals surface area contributed by atoms with Crippen LogP contribution in [0, 0.1) is 0 Å². The highest BCUT2D eigenvalue weighted by Crippen LogP contribution is 2.19. The van der Waals surface area contributed by atoms with Gasteiger partial charge in [-0.15, -0.1) is 0 Å². The Morgan fingerprint density at radius 2 is 2.22 bits per heavy atom. The predicted octanol–water partition coefficient (Wildman–Crippen LogP) is 1.38. The molecular weight excluding hydrogens is 292 g/mol. The third-order valence-electron chi connectivity index (χ3n) is 4.26. The van der Waals surface area contributed by atoms with Crippen molar-refractivity contribution in [1.82, 2.24) is 20.4 Å². The highest BCUT2D eigenvalue weighted by atomic mass is 16.5. The van der Waals surface area contributed by atoms with Gasteiger partial charge < -0.3 is 15.0 Å². The fourth-order valence-electron chi connectivity index (χ4n) is 2.88. The number of fused-ring (bicyclic) bond motifs is 1. The lowest BCUT2D eigenvalue weighted by Gasteiger charge is -2.19. The van der Waals surface area contributed by atoms with Crippen LogP contribution in [0.15, 0.2) is 24.3 Å². The van der Waals surface area contributed by atoms with Crippen molar-refractivity contribution in [3.8, 4) is 5.75 Å². The normalized spacial score (nSPS) is 13.5. The Balaban J connectivity index is 1.67. The number of methoxy groups -OCH3 is 1. The van der Waals surface area contributed by atoms with Crippen molar-refractivity contribution in [1.29, 1.82) is 0 Å². The molecule has 0 aliphatic carbocycles. The van der Waals surface area contributed by atoms with Gasteiger partial charge in [-0.3, -0.25) is 9.89 Å². The molecule has 23 heavy (non-hydrogen) atoms. The molecule has 1 aliphatic rings. The Hall–Kier alpha value is -2.34. The van der Waals surface area contributed by atoms with Gasteiger partial charge in [-0.2, -0.15) is 5.10 Å². The molecule has 0 atom stereocenters. The number of aromatic amines is 1. The third kappa shape index (κ3) is 3.22. The quantitative estimate of drug-likeness (QED) is 0.875. The molecule has 2 heterocycles. The van der Waals surface area contributed by atoms with Crippen molar-refractivity contribution in [2.45, 2.75) is 19.4 Å². The molecule has 1 amide bonds. The first-order chi connectivity index (χ1) is 11.2. The molecule has 2 aromatic rings. The van der Waals surface area contributed by atoms with Crippen LogP contribution in [0.2, 0.25) is 0 Å². The Labute approximate surface area is 135 Å². The fraction of sp³-hybridized carbons (Fsp3) is 0.412. The summed E-state index contributed by atoms with van der Waals surface area (Å²) in [6.45, 7) is 2.24. The van der Waals surface area contributed by atoms with Crippen LogP contribution in [0.4, 0.5) is 0 Å². The number of hydrogen-bond acceptors (Lipinski definition) is 4. The maximum absolute atomic E-state index is 12.6. The second-order valence-corrected chi connectivity index (χ2v) is 5.74. The van der Waals surface area contributed by atoms with Crippen molar-refractivity contribution < 1.29 is 9.53 Å². The molecule has 1 aliphatic heterocycles. The number of benzene rings is 1. The van der Waals surface area contributed by atoms with Gasteiger partial charge in [0.25, 0.3) is 5.91 Å². The summed E-state index contributed by atoms with van der Waals surface area (Å²) in [6, 6.07) is 7.89. The summed E-state index contributed by atoms with van der Waals surface area (Å²) in [5.41, 5.74) is 3.71. The minimum Gasteiger partial charge on any atom is -0.496 e. The summed E-state index contributed by atoms with van der Waals surface area (Å²) < 4.78 is 5.36. The smallest absolute Gasteiger partial charge is 0.274 e. The number of ether oxygens (including phenoxy) is 1. The number of carbonyl (C=O) groups excluding carboxylic acids is 1. The highest BCUT2D eigenvalue weighted by Gasteiger charge is 2.23. The van der Waals surface area contributed by atoms with Crippen LogP contribution < -0.4 is 10.1 Å². The molecule has 3 rings (SSSR count). The van der Waals surface area contributed by atoms with Crippen molar-refractivity contribution in [3.63, 3.8) is 0 Å². The van der Waals surface area contributed by atoms with Gasteiger partial charge in [0, 0.05) is 44.4 Å². The number of aromatic nitrogens is 2. The average Bonchev–Trinajstić information content (AvgIpc) is 3.03. The molecule has 1 aromatic carbocycles. The maximum atomic E-state index is 12.6. The van der Waals surface area contributed by atoms with E-state index in [4.69, 9.17) is 4.74 Å². The van der Waals surface area contributed by atoms with Gasteiger partial charge in [0.1, 0.15) is 5.75 Å². The van der Waals surface area contributed by atoms with E-state index in [0.717, 1.165) is 42.0 Å². The number of H-pyrrole nitrogens is 1. The van der Waals surface area contributed by atoms with Crippen molar-refractivity contribution in [2.24, 2.45) is 0 Å². The van der Waals surface area contributed by atoms with Crippen LogP contribution in [0.25, 0.3) is 0 Å². The molecule has 6 nitrogen and oxygen atoms in total. The zero-order valence-electron chi connectivity index (χ0n) is 13.6. The summed E-state index contributed by atoms with van der Waals surface area (Å²) in [6.07, 6.45) is 1.64. The zero-order chi connectivity index (χ0) is 16.2. The van der Waals surface area contributed by atoms with Crippen molar-refractivity contribution in [2.75, 3.05) is 27.2 Å². The highest BCUT2D eigenvalue weighted by molar-refractivity contribution is 5.93. The Morgan fingerprint density at radius 1 is 1.39 bits per heavy atom. The lowest BCUT2D eigenvalue weighted by atomic mass is 10.1. The average molecular weight is 314 g/mol. The first-order valence-electron chi connectivity index (χ1n) is 7.85. The summed E-state index contributed by atoms with van der Waals surface area (Å²) in [7, 11) is 3.48. The summed E-state index contributed by atoms with van der Waals surface area (Å²) in [4.78, 5) is 14.4. The van der Waals surface area contributed by atoms with Crippen LogP contribution >= 0.6 is 0 Å². The lowest BCUT2D eigenvalue weighted by molar-refractivity contribution is 0.0789. The first-order valence-corrected chi connectivity index (χ1v) is 7.85. The van der Waals surface area contributed by atoms with Gasteiger partial charge in [-0.25, -0.2) is 0 Å². The number of carbonyl (C=O) groups is 1. The van der Waals surface area contributed by atoms with Crippen LogP contribution in [0.3, 0.4) is 0 Å². The van der Waals surface area contributed by atoms with E-state index in [1.807, 2.05) is 31.3 Å². The number of likely N-dealkylation sites (N-methyl/N-ethyl adjacent to an activating group) is 1. The second kappa shape index (κ2) is 6.83. The predicted molar refractivity (Wildman–Crippen MR) is 87.7 cm³/mol. The minimum atomic E-state index is -0.0407. The van der Waals surface area contributed by atoms with Crippen molar-refractivity contribution in [3.05, 3.63) is 46.8 Å². The van der Waals surface area contributed by atoms with E-state index >= 15 is 0 Å². The third-order valence-corrected chi connectivity index (χ3v) is 4.26. The number of hydrogen-bond donors (Lipinski definition) is 2. The molecule has 2 N–H and O–H groups in total. The molecule has 0 bridgehead atoms. The lowest BCUT2D eigenvalue weighted by Crippen LogP contribution is -2.31. The molecule has 6 heteroatoms. The molecule has 0 spiro atoms. The summed E-state index contributed by atoms with van der Waals surface area (Å²) >= 11 is 0. The number of para-hydroxylation sites is 1. The van der Waals surface area contributed by atoms with Crippen LogP contribution in [-0.2, 0) is 19.4 Å². The van der Waals surface area contributed by atoms with E-state index in [2.05, 4.69) is 15.5 Å². The van der Waals surface area contributed by atoms with Gasteiger partial charge >= 0.3 is 0 Å². The Kier molecular flexibility index (Phi) is 4.62. The van der Waals surface area contributed by atoms with Gasteiger partial charge in [-0.1, -0.05) is 18.2 Å². The van der Waals surface area contributed by atoms with Gasteiger partial charge in [0.05, 0.1) is 7.11 Å². The number of nitrogens with one attached hydrogen (secondary N) is 2. The Morgan fingerprint density at radius 3 is 3.04 bits per heavy atom. The van der Waals surface area contributed by atoms with E-state index in [1.165, 1.54) is 0 Å². The van der Waals surface area contributed by atoms with Crippen LogP contribution in [0.5, 0.6) is 5.75 Å². The number of amides is 1. The maximum Gasteiger partial charge on any atom is 0.274 e. The summed E-state index contributed by atoms with van der Waals surface area (Å²) in [5, 5.41) is 10.5. The molecule has 0 unspecified atom stereocenters. The molecule has 0 fully saturated rings. The first kappa shape index (κ1) is 15.6. The van der Waals surface area contributed by atoms with Crippen molar-refractivity contribution >= 4 is 5.91 Å². The summed E-state index contributed by atoms with van der Waals surface area (Å²) in [5.74, 6) is 0.816. The van der Waals surface area contributed by atoms with E-state index in [1.54, 1.807) is 12.0 Å². The van der Waals surface area contributed by atoms with Crippen LogP contribution in [-0.4, -0.2) is 48.3 Å². The largest absolute Gasteiger partial charge is 0.496 e. The molecule has 0 saturated heterocycles. The Bertz CT molecular complexity index is 696. The van der Waals surface area contributed by atoms with Gasteiger partial charge in [0.15, 0.2) is 5.69 Å². The molecule has 0 radical (unpaired) electrons.